The number of rotatable bonds is 4. The number of carbonyl (C=O) groups excluding carboxylic acids is 1. The number of hydrogen-bond acceptors (Lipinski definition) is 4. The summed E-state index contributed by atoms with van der Waals surface area (Å²) in [6.07, 6.45) is 3.13. The highest BCUT2D eigenvalue weighted by molar-refractivity contribution is 5.94. The minimum absolute atomic E-state index is 0.0464. The summed E-state index contributed by atoms with van der Waals surface area (Å²) in [6.45, 7) is 0.150. The summed E-state index contributed by atoms with van der Waals surface area (Å²) in [5, 5.41) is 22.3. The second-order valence-corrected chi connectivity index (χ2v) is 5.29. The van der Waals surface area contributed by atoms with Gasteiger partial charge in [0.15, 0.2) is 0 Å². The number of amides is 1. The molecule has 2 rings (SSSR count). The van der Waals surface area contributed by atoms with Gasteiger partial charge in [-0.25, -0.2) is 4.39 Å². The van der Waals surface area contributed by atoms with Crippen LogP contribution in [0.5, 0.6) is 0 Å². The van der Waals surface area contributed by atoms with Crippen molar-refractivity contribution in [2.75, 3.05) is 6.61 Å². The average molecular weight is 296 g/mol. The number of benzene rings is 1. The second kappa shape index (κ2) is 6.62. The van der Waals surface area contributed by atoms with Gasteiger partial charge in [-0.05, 0) is 37.7 Å². The Balaban J connectivity index is 1.99. The van der Waals surface area contributed by atoms with E-state index in [1.807, 2.05) is 0 Å². The predicted octanol–water partition coefficient (Wildman–Crippen LogP) is 2.01. The average Bonchev–Trinajstić information content (AvgIpc) is 2.47. The van der Waals surface area contributed by atoms with Crippen LogP contribution in [0, 0.1) is 21.8 Å². The lowest BCUT2D eigenvalue weighted by molar-refractivity contribution is -0.385. The fourth-order valence-electron chi connectivity index (χ4n) is 2.55. The molecule has 1 amide bonds. The van der Waals surface area contributed by atoms with Crippen LogP contribution in [-0.2, 0) is 0 Å². The first kappa shape index (κ1) is 15.4. The molecule has 0 aliphatic heterocycles. The number of aliphatic hydroxyl groups is 1. The van der Waals surface area contributed by atoms with Gasteiger partial charge in [-0.15, -0.1) is 0 Å². The fourth-order valence-corrected chi connectivity index (χ4v) is 2.55. The van der Waals surface area contributed by atoms with Gasteiger partial charge in [-0.3, -0.25) is 14.9 Å². The van der Waals surface area contributed by atoms with Crippen molar-refractivity contribution in [1.82, 2.24) is 5.32 Å². The van der Waals surface area contributed by atoms with E-state index in [1.165, 1.54) is 0 Å². The van der Waals surface area contributed by atoms with Crippen molar-refractivity contribution in [3.05, 3.63) is 39.7 Å². The van der Waals surface area contributed by atoms with Crippen LogP contribution < -0.4 is 5.32 Å². The number of nitrogens with one attached hydrogen (secondary N) is 1. The van der Waals surface area contributed by atoms with Gasteiger partial charge >= 0.3 is 0 Å². The molecule has 6 nitrogen and oxygen atoms in total. The number of carbonyl (C=O) groups is 1. The van der Waals surface area contributed by atoms with Crippen LogP contribution in [0.3, 0.4) is 0 Å². The Kier molecular flexibility index (Phi) is 4.85. The van der Waals surface area contributed by atoms with Gasteiger partial charge in [-0.1, -0.05) is 0 Å². The maximum atomic E-state index is 13.7. The number of halogens is 1. The van der Waals surface area contributed by atoms with E-state index in [9.17, 15) is 19.3 Å². The highest BCUT2D eigenvalue weighted by Crippen LogP contribution is 2.24. The van der Waals surface area contributed by atoms with Gasteiger partial charge in [0.25, 0.3) is 11.6 Å². The van der Waals surface area contributed by atoms with Crippen LogP contribution >= 0.6 is 0 Å². The Morgan fingerprint density at radius 1 is 1.38 bits per heavy atom. The third-order valence-electron chi connectivity index (χ3n) is 3.85. The Labute approximate surface area is 121 Å². The third-order valence-corrected chi connectivity index (χ3v) is 3.85. The third kappa shape index (κ3) is 3.75. The molecule has 0 atom stereocenters. The fraction of sp³-hybridized carbons (Fsp3) is 0.500. The molecule has 0 spiro atoms. The zero-order valence-electron chi connectivity index (χ0n) is 11.4. The van der Waals surface area contributed by atoms with Crippen LogP contribution in [0.25, 0.3) is 0 Å². The molecular formula is C14H17FN2O4. The standard InChI is InChI=1S/C14H17FN2O4/c15-13-7-11(17(20)21)5-6-12(13)14(19)16-10-3-1-9(8-18)2-4-10/h5-7,9-10,18H,1-4,8H2,(H,16,19). The molecule has 0 bridgehead atoms. The molecule has 0 heterocycles. The van der Waals surface area contributed by atoms with E-state index in [4.69, 9.17) is 5.11 Å². The molecule has 1 saturated carbocycles. The Morgan fingerprint density at radius 3 is 2.57 bits per heavy atom. The quantitative estimate of drug-likeness (QED) is 0.656. The summed E-state index contributed by atoms with van der Waals surface area (Å²) in [6, 6.07) is 2.94. The van der Waals surface area contributed by atoms with Crippen molar-refractivity contribution in [1.29, 1.82) is 0 Å². The summed E-state index contributed by atoms with van der Waals surface area (Å²) in [5.74, 6) is -1.19. The highest BCUT2D eigenvalue weighted by atomic mass is 19.1. The first-order chi connectivity index (χ1) is 10.0. The smallest absolute Gasteiger partial charge is 0.272 e. The van der Waals surface area contributed by atoms with Crippen molar-refractivity contribution in [2.24, 2.45) is 5.92 Å². The van der Waals surface area contributed by atoms with Crippen molar-refractivity contribution in [3.63, 3.8) is 0 Å². The maximum absolute atomic E-state index is 13.7. The summed E-state index contributed by atoms with van der Waals surface area (Å²) in [7, 11) is 0. The Hall–Kier alpha value is -2.02. The molecule has 1 aliphatic rings. The molecule has 114 valence electrons. The zero-order chi connectivity index (χ0) is 15.4. The predicted molar refractivity (Wildman–Crippen MR) is 73.4 cm³/mol. The minimum atomic E-state index is -0.897. The number of nitrogens with zero attached hydrogens (tertiary/aromatic N) is 1. The molecule has 0 unspecified atom stereocenters. The van der Waals surface area contributed by atoms with Gasteiger partial charge < -0.3 is 10.4 Å². The minimum Gasteiger partial charge on any atom is -0.396 e. The molecule has 0 saturated heterocycles. The van der Waals surface area contributed by atoms with E-state index in [-0.39, 0.29) is 29.8 Å². The summed E-state index contributed by atoms with van der Waals surface area (Å²) in [5.41, 5.74) is -0.572. The van der Waals surface area contributed by atoms with Gasteiger partial charge in [0.1, 0.15) is 5.82 Å². The molecule has 21 heavy (non-hydrogen) atoms. The van der Waals surface area contributed by atoms with E-state index in [1.54, 1.807) is 0 Å². The van der Waals surface area contributed by atoms with E-state index in [0.717, 1.165) is 43.9 Å². The van der Waals surface area contributed by atoms with Crippen LogP contribution in [0.4, 0.5) is 10.1 Å². The zero-order valence-corrected chi connectivity index (χ0v) is 11.4. The number of aliphatic hydroxyl groups excluding tert-OH is 1. The Morgan fingerprint density at radius 2 is 2.05 bits per heavy atom. The molecule has 2 N–H and O–H groups in total. The van der Waals surface area contributed by atoms with Gasteiger partial charge in [0.2, 0.25) is 0 Å². The monoisotopic (exact) mass is 296 g/mol. The first-order valence-electron chi connectivity index (χ1n) is 6.87. The topological polar surface area (TPSA) is 92.5 Å². The van der Waals surface area contributed by atoms with Gasteiger partial charge in [0, 0.05) is 18.7 Å². The lowest BCUT2D eigenvalue weighted by Crippen LogP contribution is -2.38. The van der Waals surface area contributed by atoms with E-state index >= 15 is 0 Å². The van der Waals surface area contributed by atoms with E-state index < -0.39 is 16.6 Å². The molecule has 1 fully saturated rings. The van der Waals surface area contributed by atoms with Gasteiger partial charge in [-0.2, -0.15) is 0 Å². The van der Waals surface area contributed by atoms with Crippen molar-refractivity contribution in [2.45, 2.75) is 31.7 Å². The van der Waals surface area contributed by atoms with Crippen LogP contribution in [0.2, 0.25) is 0 Å². The number of non-ortho nitro benzene ring substituents is 1. The molecule has 1 aromatic rings. The van der Waals surface area contributed by atoms with Crippen LogP contribution in [0.15, 0.2) is 18.2 Å². The van der Waals surface area contributed by atoms with Crippen LogP contribution in [0.1, 0.15) is 36.0 Å². The largest absolute Gasteiger partial charge is 0.396 e. The normalized spacial score (nSPS) is 21.8. The molecule has 1 aliphatic carbocycles. The second-order valence-electron chi connectivity index (χ2n) is 5.29. The van der Waals surface area contributed by atoms with Crippen molar-refractivity contribution < 1.29 is 19.2 Å². The van der Waals surface area contributed by atoms with Crippen molar-refractivity contribution in [3.8, 4) is 0 Å². The molecular weight excluding hydrogens is 279 g/mol. The van der Waals surface area contributed by atoms with Gasteiger partial charge in [0.05, 0.1) is 16.6 Å². The molecule has 0 aromatic heterocycles. The number of nitro benzene ring substituents is 1. The van der Waals surface area contributed by atoms with E-state index in [0.29, 0.717) is 0 Å². The van der Waals surface area contributed by atoms with E-state index in [2.05, 4.69) is 5.32 Å². The van der Waals surface area contributed by atoms with Crippen LogP contribution in [-0.4, -0.2) is 28.6 Å². The maximum Gasteiger partial charge on any atom is 0.272 e. The lowest BCUT2D eigenvalue weighted by atomic mass is 9.86. The lowest BCUT2D eigenvalue weighted by Gasteiger charge is -2.27. The summed E-state index contributed by atoms with van der Waals surface area (Å²) >= 11 is 0. The first-order valence-corrected chi connectivity index (χ1v) is 6.87. The summed E-state index contributed by atoms with van der Waals surface area (Å²) < 4.78 is 13.7. The summed E-state index contributed by atoms with van der Waals surface area (Å²) in [4.78, 5) is 21.8. The molecule has 7 heteroatoms. The number of nitro groups is 1. The highest BCUT2D eigenvalue weighted by Gasteiger charge is 2.23. The van der Waals surface area contributed by atoms with Crippen molar-refractivity contribution >= 4 is 11.6 Å². The SMILES string of the molecule is O=C(NC1CCC(CO)CC1)c1ccc([N+](=O)[O-])cc1F. The molecule has 0 radical (unpaired) electrons. The molecule has 1 aromatic carbocycles. The number of hydrogen-bond donors (Lipinski definition) is 2. The Bertz CT molecular complexity index is 542.